The number of benzene rings is 1. The lowest BCUT2D eigenvalue weighted by molar-refractivity contribution is 0.603. The Balaban J connectivity index is 2.33. The van der Waals surface area contributed by atoms with Gasteiger partial charge in [-0.05, 0) is 24.1 Å². The minimum atomic E-state index is 0.508. The summed E-state index contributed by atoms with van der Waals surface area (Å²) in [5.74, 6) is 0. The van der Waals surface area contributed by atoms with Crippen LogP contribution in [0.2, 0.25) is 0 Å². The summed E-state index contributed by atoms with van der Waals surface area (Å²) in [6, 6.07) is 7.49. The summed E-state index contributed by atoms with van der Waals surface area (Å²) in [7, 11) is 0. The van der Waals surface area contributed by atoms with Gasteiger partial charge in [0.2, 0.25) is 0 Å². The molecule has 0 radical (unpaired) electrons. The number of hydrogen-bond donors (Lipinski definition) is 1. The van der Waals surface area contributed by atoms with Crippen molar-refractivity contribution >= 4 is 5.69 Å². The first-order valence-corrected chi connectivity index (χ1v) is 5.57. The fraction of sp³-hybridized carbons (Fsp3) is 0.231. The van der Waals surface area contributed by atoms with Gasteiger partial charge in [-0.1, -0.05) is 13.0 Å². The molecule has 86 valence electrons. The van der Waals surface area contributed by atoms with Crippen molar-refractivity contribution < 1.29 is 0 Å². The van der Waals surface area contributed by atoms with Crippen molar-refractivity contribution in [3.05, 3.63) is 36.2 Å². The van der Waals surface area contributed by atoms with E-state index in [9.17, 15) is 0 Å². The SMILES string of the molecule is CCCn1cc(-c2ccc(C#N)c(N)c2)cn1. The minimum Gasteiger partial charge on any atom is -0.398 e. The van der Waals surface area contributed by atoms with Crippen LogP contribution in [0.1, 0.15) is 18.9 Å². The first-order valence-electron chi connectivity index (χ1n) is 5.57. The molecule has 2 rings (SSSR count). The van der Waals surface area contributed by atoms with Crippen molar-refractivity contribution in [1.29, 1.82) is 5.26 Å². The number of nitrogen functional groups attached to an aromatic ring is 1. The van der Waals surface area contributed by atoms with E-state index in [4.69, 9.17) is 11.0 Å². The third-order valence-corrected chi connectivity index (χ3v) is 2.59. The van der Waals surface area contributed by atoms with E-state index in [1.165, 1.54) is 0 Å². The van der Waals surface area contributed by atoms with Gasteiger partial charge in [0.1, 0.15) is 6.07 Å². The van der Waals surface area contributed by atoms with Gasteiger partial charge in [-0.2, -0.15) is 10.4 Å². The summed E-state index contributed by atoms with van der Waals surface area (Å²) in [5, 5.41) is 13.1. The molecule has 0 atom stereocenters. The average Bonchev–Trinajstić information content (AvgIpc) is 2.78. The summed E-state index contributed by atoms with van der Waals surface area (Å²) in [6.07, 6.45) is 4.86. The summed E-state index contributed by atoms with van der Waals surface area (Å²) in [4.78, 5) is 0. The van der Waals surface area contributed by atoms with E-state index in [0.29, 0.717) is 11.3 Å². The van der Waals surface area contributed by atoms with Gasteiger partial charge in [0, 0.05) is 18.3 Å². The van der Waals surface area contributed by atoms with Crippen molar-refractivity contribution in [2.75, 3.05) is 5.73 Å². The third kappa shape index (κ3) is 2.28. The molecule has 0 amide bonds. The standard InChI is InChI=1S/C13H14N4/c1-2-5-17-9-12(8-16-17)10-3-4-11(7-14)13(15)6-10/h3-4,6,8-9H,2,5,15H2,1H3. The van der Waals surface area contributed by atoms with Crippen molar-refractivity contribution in [1.82, 2.24) is 9.78 Å². The summed E-state index contributed by atoms with van der Waals surface area (Å²) in [5.41, 5.74) is 8.81. The second-order valence-electron chi connectivity index (χ2n) is 3.91. The second-order valence-corrected chi connectivity index (χ2v) is 3.91. The largest absolute Gasteiger partial charge is 0.398 e. The molecule has 0 aliphatic rings. The van der Waals surface area contributed by atoms with Crippen molar-refractivity contribution in [2.45, 2.75) is 19.9 Å². The number of rotatable bonds is 3. The molecule has 2 N–H and O–H groups in total. The quantitative estimate of drug-likeness (QED) is 0.817. The highest BCUT2D eigenvalue weighted by atomic mass is 15.3. The molecule has 0 aliphatic carbocycles. The minimum absolute atomic E-state index is 0.508. The Labute approximate surface area is 100 Å². The Kier molecular flexibility index (Phi) is 3.10. The van der Waals surface area contributed by atoms with Gasteiger partial charge >= 0.3 is 0 Å². The van der Waals surface area contributed by atoms with Gasteiger partial charge in [-0.3, -0.25) is 4.68 Å². The molecule has 0 fully saturated rings. The van der Waals surface area contributed by atoms with Crippen LogP contribution in [0.25, 0.3) is 11.1 Å². The van der Waals surface area contributed by atoms with Gasteiger partial charge in [0.15, 0.2) is 0 Å². The molecule has 0 bridgehead atoms. The first kappa shape index (κ1) is 11.2. The lowest BCUT2D eigenvalue weighted by atomic mass is 10.1. The van der Waals surface area contributed by atoms with Crippen LogP contribution in [-0.4, -0.2) is 9.78 Å². The second kappa shape index (κ2) is 4.71. The van der Waals surface area contributed by atoms with Crippen molar-refractivity contribution in [3.8, 4) is 17.2 Å². The van der Waals surface area contributed by atoms with Crippen LogP contribution in [0.15, 0.2) is 30.6 Å². The van der Waals surface area contributed by atoms with E-state index < -0.39 is 0 Å². The maximum atomic E-state index is 8.81. The predicted molar refractivity (Wildman–Crippen MR) is 67.1 cm³/mol. The number of aryl methyl sites for hydroxylation is 1. The van der Waals surface area contributed by atoms with Crippen LogP contribution >= 0.6 is 0 Å². The average molecular weight is 226 g/mol. The summed E-state index contributed by atoms with van der Waals surface area (Å²) < 4.78 is 1.91. The number of nitriles is 1. The van der Waals surface area contributed by atoms with Crippen molar-refractivity contribution in [2.24, 2.45) is 0 Å². The highest BCUT2D eigenvalue weighted by Gasteiger charge is 2.04. The monoisotopic (exact) mass is 226 g/mol. The Morgan fingerprint density at radius 1 is 1.41 bits per heavy atom. The zero-order valence-corrected chi connectivity index (χ0v) is 9.72. The molecular formula is C13H14N4. The molecule has 1 aromatic heterocycles. The molecule has 0 unspecified atom stereocenters. The van der Waals surface area contributed by atoms with E-state index >= 15 is 0 Å². The number of aromatic nitrogens is 2. The molecular weight excluding hydrogens is 212 g/mol. The molecule has 1 aromatic carbocycles. The fourth-order valence-electron chi connectivity index (χ4n) is 1.71. The van der Waals surface area contributed by atoms with Crippen LogP contribution in [0.4, 0.5) is 5.69 Å². The molecule has 0 saturated carbocycles. The maximum Gasteiger partial charge on any atom is 0.101 e. The summed E-state index contributed by atoms with van der Waals surface area (Å²) >= 11 is 0. The van der Waals surface area contributed by atoms with Crippen LogP contribution in [0, 0.1) is 11.3 Å². The van der Waals surface area contributed by atoms with Gasteiger partial charge in [-0.15, -0.1) is 0 Å². The molecule has 4 heteroatoms. The van der Waals surface area contributed by atoms with Crippen LogP contribution in [0.3, 0.4) is 0 Å². The zero-order valence-electron chi connectivity index (χ0n) is 9.72. The first-order chi connectivity index (χ1) is 8.24. The molecule has 1 heterocycles. The van der Waals surface area contributed by atoms with Gasteiger partial charge < -0.3 is 5.73 Å². The van der Waals surface area contributed by atoms with E-state index in [1.807, 2.05) is 29.2 Å². The molecule has 4 nitrogen and oxygen atoms in total. The number of hydrogen-bond acceptors (Lipinski definition) is 3. The van der Waals surface area contributed by atoms with E-state index in [1.54, 1.807) is 6.07 Å². The van der Waals surface area contributed by atoms with Gasteiger partial charge in [-0.25, -0.2) is 0 Å². The molecule has 0 saturated heterocycles. The van der Waals surface area contributed by atoms with Crippen LogP contribution < -0.4 is 5.73 Å². The Morgan fingerprint density at radius 3 is 2.88 bits per heavy atom. The molecule has 0 aliphatic heterocycles. The fourth-order valence-corrected chi connectivity index (χ4v) is 1.71. The maximum absolute atomic E-state index is 8.81. The number of nitrogens with two attached hydrogens (primary N) is 1. The topological polar surface area (TPSA) is 67.6 Å². The summed E-state index contributed by atoms with van der Waals surface area (Å²) in [6.45, 7) is 3.02. The Morgan fingerprint density at radius 2 is 2.24 bits per heavy atom. The smallest absolute Gasteiger partial charge is 0.101 e. The van der Waals surface area contributed by atoms with Gasteiger partial charge in [0.05, 0.1) is 17.4 Å². The van der Waals surface area contributed by atoms with E-state index in [-0.39, 0.29) is 0 Å². The number of anilines is 1. The molecule has 0 spiro atoms. The van der Waals surface area contributed by atoms with Crippen LogP contribution in [0.5, 0.6) is 0 Å². The highest BCUT2D eigenvalue weighted by Crippen LogP contribution is 2.23. The normalized spacial score (nSPS) is 10.1. The molecule has 17 heavy (non-hydrogen) atoms. The highest BCUT2D eigenvalue weighted by molar-refractivity contribution is 5.69. The zero-order chi connectivity index (χ0) is 12.3. The van der Waals surface area contributed by atoms with Crippen LogP contribution in [-0.2, 0) is 6.54 Å². The van der Waals surface area contributed by atoms with Gasteiger partial charge in [0.25, 0.3) is 0 Å². The number of nitrogens with zero attached hydrogens (tertiary/aromatic N) is 3. The Bertz CT molecular complexity index is 563. The Hall–Kier alpha value is -2.28. The third-order valence-electron chi connectivity index (χ3n) is 2.59. The predicted octanol–water partition coefficient (Wildman–Crippen LogP) is 2.41. The van der Waals surface area contributed by atoms with E-state index in [2.05, 4.69) is 18.1 Å². The van der Waals surface area contributed by atoms with E-state index in [0.717, 1.165) is 24.1 Å². The lowest BCUT2D eigenvalue weighted by Gasteiger charge is -2.01. The molecule has 2 aromatic rings. The van der Waals surface area contributed by atoms with Crippen molar-refractivity contribution in [3.63, 3.8) is 0 Å². The lowest BCUT2D eigenvalue weighted by Crippen LogP contribution is -1.95.